The molecule has 1 fully saturated rings. The minimum Gasteiger partial charge on any atom is -0.354 e. The second-order valence-corrected chi connectivity index (χ2v) is 4.84. The van der Waals surface area contributed by atoms with Gasteiger partial charge in [0.05, 0.1) is 0 Å². The summed E-state index contributed by atoms with van der Waals surface area (Å²) in [5.74, 6) is 0.699. The summed E-state index contributed by atoms with van der Waals surface area (Å²) in [5.41, 5.74) is 0. The lowest BCUT2D eigenvalue weighted by molar-refractivity contribution is -0.124. The van der Waals surface area contributed by atoms with Crippen LogP contribution in [0, 0.1) is 5.92 Å². The Morgan fingerprint density at radius 3 is 3.22 bits per heavy atom. The molecule has 2 N–H and O–H groups in total. The van der Waals surface area contributed by atoms with Crippen LogP contribution >= 0.6 is 0 Å². The van der Waals surface area contributed by atoms with Crippen LogP contribution < -0.4 is 10.6 Å². The Bertz CT molecular complexity index is 359. The monoisotopic (exact) mass is 251 g/mol. The molecule has 6 heteroatoms. The second kappa shape index (κ2) is 6.49. The van der Waals surface area contributed by atoms with Gasteiger partial charge in [-0.3, -0.25) is 4.79 Å². The zero-order chi connectivity index (χ0) is 12.8. The van der Waals surface area contributed by atoms with E-state index in [9.17, 15) is 4.79 Å². The van der Waals surface area contributed by atoms with Crippen LogP contribution in [0.15, 0.2) is 12.7 Å². The molecule has 1 aromatic rings. The topological polar surface area (TPSA) is 71.8 Å². The molecule has 1 aromatic heterocycles. The lowest BCUT2D eigenvalue weighted by Crippen LogP contribution is -2.35. The van der Waals surface area contributed by atoms with Gasteiger partial charge in [-0.2, -0.15) is 5.10 Å². The van der Waals surface area contributed by atoms with E-state index in [2.05, 4.69) is 20.7 Å². The van der Waals surface area contributed by atoms with Crippen LogP contribution in [0.25, 0.3) is 0 Å². The molecule has 100 valence electrons. The molecule has 0 aliphatic carbocycles. The fourth-order valence-electron chi connectivity index (χ4n) is 2.26. The van der Waals surface area contributed by atoms with Gasteiger partial charge in [0.2, 0.25) is 5.91 Å². The summed E-state index contributed by atoms with van der Waals surface area (Å²) in [7, 11) is 0. The number of nitrogens with one attached hydrogen (secondary N) is 2. The first kappa shape index (κ1) is 13.0. The van der Waals surface area contributed by atoms with Crippen molar-refractivity contribution in [1.82, 2.24) is 25.4 Å². The minimum atomic E-state index is -0.294. The van der Waals surface area contributed by atoms with Gasteiger partial charge in [0.15, 0.2) is 0 Å². The average Bonchev–Trinajstić information content (AvgIpc) is 2.93. The molecule has 0 saturated carbocycles. The third-order valence-corrected chi connectivity index (χ3v) is 3.46. The summed E-state index contributed by atoms with van der Waals surface area (Å²) in [6.07, 6.45) is 6.56. The van der Waals surface area contributed by atoms with Gasteiger partial charge in [-0.15, -0.1) is 0 Å². The van der Waals surface area contributed by atoms with Crippen LogP contribution in [0.5, 0.6) is 0 Å². The number of carbonyl (C=O) groups excluding carboxylic acids is 1. The average molecular weight is 251 g/mol. The number of piperidine rings is 1. The molecule has 0 spiro atoms. The van der Waals surface area contributed by atoms with Crippen molar-refractivity contribution in [2.24, 2.45) is 5.92 Å². The maximum Gasteiger partial charge on any atom is 0.244 e. The smallest absolute Gasteiger partial charge is 0.244 e. The predicted molar refractivity (Wildman–Crippen MR) is 68.0 cm³/mol. The molecule has 6 nitrogen and oxygen atoms in total. The van der Waals surface area contributed by atoms with Gasteiger partial charge < -0.3 is 10.6 Å². The number of hydrogen-bond donors (Lipinski definition) is 2. The maximum absolute atomic E-state index is 11.9. The highest BCUT2D eigenvalue weighted by molar-refractivity contribution is 5.79. The molecule has 0 aromatic carbocycles. The Morgan fingerprint density at radius 2 is 2.56 bits per heavy atom. The molecule has 18 heavy (non-hydrogen) atoms. The van der Waals surface area contributed by atoms with E-state index in [0.29, 0.717) is 5.92 Å². The van der Waals surface area contributed by atoms with E-state index in [0.717, 1.165) is 26.1 Å². The number of aromatic nitrogens is 3. The zero-order valence-corrected chi connectivity index (χ0v) is 10.8. The second-order valence-electron chi connectivity index (χ2n) is 4.84. The van der Waals surface area contributed by atoms with Crippen LogP contribution in [0.1, 0.15) is 32.2 Å². The highest BCUT2D eigenvalue weighted by Crippen LogP contribution is 2.13. The third-order valence-electron chi connectivity index (χ3n) is 3.46. The molecule has 0 bridgehead atoms. The fourth-order valence-corrected chi connectivity index (χ4v) is 2.26. The van der Waals surface area contributed by atoms with Crippen LogP contribution in [0.3, 0.4) is 0 Å². The van der Waals surface area contributed by atoms with Gasteiger partial charge >= 0.3 is 0 Å². The van der Waals surface area contributed by atoms with E-state index >= 15 is 0 Å². The maximum atomic E-state index is 11.9. The number of rotatable bonds is 5. The van der Waals surface area contributed by atoms with E-state index in [1.165, 1.54) is 19.2 Å². The van der Waals surface area contributed by atoms with Crippen molar-refractivity contribution in [2.45, 2.75) is 32.2 Å². The van der Waals surface area contributed by atoms with E-state index < -0.39 is 0 Å². The quantitative estimate of drug-likeness (QED) is 0.792. The van der Waals surface area contributed by atoms with Crippen molar-refractivity contribution >= 4 is 5.91 Å². The van der Waals surface area contributed by atoms with Crippen molar-refractivity contribution in [1.29, 1.82) is 0 Å². The van der Waals surface area contributed by atoms with Crippen LogP contribution in [0.2, 0.25) is 0 Å². The van der Waals surface area contributed by atoms with Crippen LogP contribution in [-0.2, 0) is 4.79 Å². The normalized spacial score (nSPS) is 21.5. The standard InChI is InChI=1S/C12H21N5O/c1-10(17-9-14-8-16-17)12(18)15-6-4-11-3-2-5-13-7-11/h8-11,13H,2-7H2,1H3,(H,15,18). The Morgan fingerprint density at radius 1 is 1.67 bits per heavy atom. The number of hydrogen-bond acceptors (Lipinski definition) is 4. The molecular formula is C12H21N5O. The molecule has 2 rings (SSSR count). The summed E-state index contributed by atoms with van der Waals surface area (Å²) in [6.45, 7) is 4.77. The van der Waals surface area contributed by atoms with Crippen molar-refractivity contribution < 1.29 is 4.79 Å². The van der Waals surface area contributed by atoms with Crippen molar-refractivity contribution in [3.63, 3.8) is 0 Å². The fraction of sp³-hybridized carbons (Fsp3) is 0.750. The third kappa shape index (κ3) is 3.53. The highest BCUT2D eigenvalue weighted by Gasteiger charge is 2.16. The van der Waals surface area contributed by atoms with Crippen molar-refractivity contribution in [3.8, 4) is 0 Å². The Hall–Kier alpha value is -1.43. The number of amides is 1. The van der Waals surface area contributed by atoms with Gasteiger partial charge in [-0.05, 0) is 45.2 Å². The molecule has 1 aliphatic heterocycles. The van der Waals surface area contributed by atoms with Gasteiger partial charge in [-0.1, -0.05) is 0 Å². The van der Waals surface area contributed by atoms with Gasteiger partial charge in [0.25, 0.3) is 0 Å². The predicted octanol–water partition coefficient (Wildman–Crippen LogP) is 0.345. The van der Waals surface area contributed by atoms with Gasteiger partial charge in [0, 0.05) is 6.54 Å². The van der Waals surface area contributed by atoms with Crippen molar-refractivity contribution in [2.75, 3.05) is 19.6 Å². The Labute approximate surface area is 107 Å². The first-order valence-electron chi connectivity index (χ1n) is 6.60. The van der Waals surface area contributed by atoms with Gasteiger partial charge in [-0.25, -0.2) is 9.67 Å². The van der Waals surface area contributed by atoms with E-state index in [4.69, 9.17) is 0 Å². The molecule has 2 atom stereocenters. The SMILES string of the molecule is CC(C(=O)NCCC1CCCNC1)n1cncn1. The lowest BCUT2D eigenvalue weighted by Gasteiger charge is -2.23. The number of nitrogens with zero attached hydrogens (tertiary/aromatic N) is 3. The molecule has 1 amide bonds. The largest absolute Gasteiger partial charge is 0.354 e. The summed E-state index contributed by atoms with van der Waals surface area (Å²) in [5, 5.41) is 10.3. The summed E-state index contributed by atoms with van der Waals surface area (Å²) >= 11 is 0. The Kier molecular flexibility index (Phi) is 4.69. The zero-order valence-electron chi connectivity index (χ0n) is 10.8. The number of carbonyl (C=O) groups is 1. The van der Waals surface area contributed by atoms with E-state index in [-0.39, 0.29) is 11.9 Å². The van der Waals surface area contributed by atoms with Crippen molar-refractivity contribution in [3.05, 3.63) is 12.7 Å². The van der Waals surface area contributed by atoms with E-state index in [1.807, 2.05) is 6.92 Å². The Balaban J connectivity index is 1.68. The van der Waals surface area contributed by atoms with Crippen LogP contribution in [-0.4, -0.2) is 40.3 Å². The minimum absolute atomic E-state index is 0.00395. The molecule has 1 aliphatic rings. The highest BCUT2D eigenvalue weighted by atomic mass is 16.2. The molecule has 1 saturated heterocycles. The summed E-state index contributed by atoms with van der Waals surface area (Å²) in [4.78, 5) is 15.7. The molecule has 2 heterocycles. The molecule has 2 unspecified atom stereocenters. The lowest BCUT2D eigenvalue weighted by atomic mass is 9.96. The van der Waals surface area contributed by atoms with E-state index in [1.54, 1.807) is 11.0 Å². The summed E-state index contributed by atoms with van der Waals surface area (Å²) in [6, 6.07) is -0.294. The first-order chi connectivity index (χ1) is 8.77. The first-order valence-corrected chi connectivity index (χ1v) is 6.60. The molecule has 0 radical (unpaired) electrons. The molecular weight excluding hydrogens is 230 g/mol. The van der Waals surface area contributed by atoms with Crippen LogP contribution in [0.4, 0.5) is 0 Å². The summed E-state index contributed by atoms with van der Waals surface area (Å²) < 4.78 is 1.57. The van der Waals surface area contributed by atoms with Gasteiger partial charge in [0.1, 0.15) is 18.7 Å².